The molecule has 16 heavy (non-hydrogen) atoms. The van der Waals surface area contributed by atoms with Crippen LogP contribution in [0.25, 0.3) is 11.0 Å². The lowest BCUT2D eigenvalue weighted by molar-refractivity contribution is -0.384. The van der Waals surface area contributed by atoms with Crippen LogP contribution in [-0.2, 0) is 0 Å². The number of nitrogens with zero attached hydrogens (tertiary/aromatic N) is 2. The van der Waals surface area contributed by atoms with E-state index in [1.165, 1.54) is 12.1 Å². The second-order valence-electron chi connectivity index (χ2n) is 3.35. The van der Waals surface area contributed by atoms with Gasteiger partial charge in [-0.3, -0.25) is 10.1 Å². The number of hydrogen-bond acceptors (Lipinski definition) is 4. The van der Waals surface area contributed by atoms with Crippen molar-refractivity contribution < 1.29 is 4.92 Å². The van der Waals surface area contributed by atoms with Crippen molar-refractivity contribution in [1.82, 2.24) is 9.97 Å². The van der Waals surface area contributed by atoms with Crippen LogP contribution in [0.2, 0.25) is 0 Å². The molecule has 6 heteroatoms. The van der Waals surface area contributed by atoms with Crippen molar-refractivity contribution in [3.63, 3.8) is 0 Å². The molecule has 1 aromatic carbocycles. The van der Waals surface area contributed by atoms with Gasteiger partial charge in [0.2, 0.25) is 0 Å². The van der Waals surface area contributed by atoms with Gasteiger partial charge >= 0.3 is 0 Å². The monoisotopic (exact) mass is 237 g/mol. The van der Waals surface area contributed by atoms with E-state index in [0.29, 0.717) is 5.52 Å². The van der Waals surface area contributed by atoms with Crippen LogP contribution in [0.1, 0.15) is 13.3 Å². The Morgan fingerprint density at radius 1 is 1.56 bits per heavy atom. The number of imidazole rings is 1. The summed E-state index contributed by atoms with van der Waals surface area (Å²) in [6.07, 6.45) is 1.07. The Morgan fingerprint density at radius 3 is 3.06 bits per heavy atom. The molecule has 2 rings (SSSR count). The van der Waals surface area contributed by atoms with Gasteiger partial charge in [-0.15, -0.1) is 0 Å². The minimum absolute atomic E-state index is 0.0863. The van der Waals surface area contributed by atoms with E-state index in [9.17, 15) is 10.1 Å². The summed E-state index contributed by atoms with van der Waals surface area (Å²) < 4.78 is 0. The van der Waals surface area contributed by atoms with Gasteiger partial charge < -0.3 is 4.98 Å². The molecule has 84 valence electrons. The van der Waals surface area contributed by atoms with Crippen molar-refractivity contribution >= 4 is 28.5 Å². The molecule has 1 N–H and O–H groups in total. The minimum Gasteiger partial charge on any atom is -0.333 e. The number of nitrogens with one attached hydrogen (secondary N) is 1. The SMILES string of the molecule is CCCSc1nc2ccc([N+](=O)[O-])cc2[nH]1. The number of benzene rings is 1. The highest BCUT2D eigenvalue weighted by atomic mass is 32.2. The van der Waals surface area contributed by atoms with Crippen molar-refractivity contribution in [3.05, 3.63) is 28.3 Å². The molecule has 5 nitrogen and oxygen atoms in total. The van der Waals surface area contributed by atoms with Gasteiger partial charge in [0.15, 0.2) is 5.16 Å². The highest BCUT2D eigenvalue weighted by Gasteiger charge is 2.09. The van der Waals surface area contributed by atoms with Crippen LogP contribution in [0.4, 0.5) is 5.69 Å². The maximum absolute atomic E-state index is 10.6. The van der Waals surface area contributed by atoms with Crippen LogP contribution < -0.4 is 0 Å². The van der Waals surface area contributed by atoms with E-state index >= 15 is 0 Å². The number of aromatic nitrogens is 2. The first-order valence-corrected chi connectivity index (χ1v) is 5.96. The molecule has 2 aromatic rings. The summed E-state index contributed by atoms with van der Waals surface area (Å²) in [5, 5.41) is 11.4. The topological polar surface area (TPSA) is 71.8 Å². The average Bonchev–Trinajstić information content (AvgIpc) is 2.67. The predicted octanol–water partition coefficient (Wildman–Crippen LogP) is 2.97. The lowest BCUT2D eigenvalue weighted by atomic mass is 10.3. The molecule has 0 spiro atoms. The van der Waals surface area contributed by atoms with Crippen LogP contribution in [0.5, 0.6) is 0 Å². The highest BCUT2D eigenvalue weighted by molar-refractivity contribution is 7.99. The van der Waals surface area contributed by atoms with Gasteiger partial charge in [-0.05, 0) is 12.5 Å². The Morgan fingerprint density at radius 2 is 2.38 bits per heavy atom. The number of nitro benzene ring substituents is 1. The Labute approximate surface area is 96.4 Å². The zero-order valence-corrected chi connectivity index (χ0v) is 9.58. The van der Waals surface area contributed by atoms with Crippen LogP contribution in [0.3, 0.4) is 0 Å². The highest BCUT2D eigenvalue weighted by Crippen LogP contribution is 2.23. The summed E-state index contributed by atoms with van der Waals surface area (Å²) in [5.41, 5.74) is 1.57. The van der Waals surface area contributed by atoms with E-state index in [1.54, 1.807) is 17.8 Å². The smallest absolute Gasteiger partial charge is 0.271 e. The number of rotatable bonds is 4. The van der Waals surface area contributed by atoms with Gasteiger partial charge in [0.05, 0.1) is 16.0 Å². The molecule has 1 aromatic heterocycles. The fourth-order valence-electron chi connectivity index (χ4n) is 1.35. The van der Waals surface area contributed by atoms with Crippen molar-refractivity contribution in [1.29, 1.82) is 0 Å². The van der Waals surface area contributed by atoms with E-state index in [4.69, 9.17) is 0 Å². The van der Waals surface area contributed by atoms with Gasteiger partial charge in [-0.25, -0.2) is 4.98 Å². The van der Waals surface area contributed by atoms with E-state index < -0.39 is 4.92 Å². The molecule has 0 saturated carbocycles. The summed E-state index contributed by atoms with van der Waals surface area (Å²) in [5.74, 6) is 0.988. The molecule has 0 radical (unpaired) electrons. The number of nitro groups is 1. The normalized spacial score (nSPS) is 10.8. The molecule has 0 amide bonds. The summed E-state index contributed by atoms with van der Waals surface area (Å²) in [6.45, 7) is 2.10. The molecule has 0 saturated heterocycles. The standard InChI is InChI=1S/C10H11N3O2S/c1-2-5-16-10-11-8-4-3-7(13(14)15)6-9(8)12-10/h3-4,6H,2,5H2,1H3,(H,11,12). The first-order valence-electron chi connectivity index (χ1n) is 4.97. The van der Waals surface area contributed by atoms with Gasteiger partial charge in [0.1, 0.15) is 0 Å². The molecule has 0 atom stereocenters. The summed E-state index contributed by atoms with van der Waals surface area (Å²) in [6, 6.07) is 4.65. The van der Waals surface area contributed by atoms with E-state index in [0.717, 1.165) is 22.8 Å². The third-order valence-electron chi connectivity index (χ3n) is 2.10. The second-order valence-corrected chi connectivity index (χ2v) is 4.43. The molecule has 0 aliphatic rings. The van der Waals surface area contributed by atoms with Gasteiger partial charge in [-0.2, -0.15) is 0 Å². The molecular formula is C10H11N3O2S. The number of hydrogen-bond donors (Lipinski definition) is 1. The molecule has 0 unspecified atom stereocenters. The maximum atomic E-state index is 10.6. The van der Waals surface area contributed by atoms with E-state index in [1.807, 2.05) is 0 Å². The zero-order valence-electron chi connectivity index (χ0n) is 8.77. The molecule has 1 heterocycles. The average molecular weight is 237 g/mol. The Balaban J connectivity index is 2.34. The first-order chi connectivity index (χ1) is 7.70. The molecule has 0 fully saturated rings. The zero-order chi connectivity index (χ0) is 11.5. The largest absolute Gasteiger partial charge is 0.333 e. The van der Waals surface area contributed by atoms with Gasteiger partial charge in [0.25, 0.3) is 5.69 Å². The van der Waals surface area contributed by atoms with Crippen molar-refractivity contribution in [3.8, 4) is 0 Å². The van der Waals surface area contributed by atoms with Gasteiger partial charge in [-0.1, -0.05) is 18.7 Å². The van der Waals surface area contributed by atoms with E-state index in [2.05, 4.69) is 16.9 Å². The Kier molecular flexibility index (Phi) is 3.09. The summed E-state index contributed by atoms with van der Waals surface area (Å²) >= 11 is 1.62. The summed E-state index contributed by atoms with van der Waals surface area (Å²) in [7, 11) is 0. The third-order valence-corrected chi connectivity index (χ3v) is 3.18. The Hall–Kier alpha value is -1.56. The fourth-order valence-corrected chi connectivity index (χ4v) is 2.10. The molecule has 0 aliphatic carbocycles. The molecule has 0 bridgehead atoms. The number of thioether (sulfide) groups is 1. The van der Waals surface area contributed by atoms with Crippen molar-refractivity contribution in [2.75, 3.05) is 5.75 Å². The second kappa shape index (κ2) is 4.52. The number of H-pyrrole nitrogens is 1. The van der Waals surface area contributed by atoms with Crippen LogP contribution in [-0.4, -0.2) is 20.6 Å². The number of fused-ring (bicyclic) bond motifs is 1. The number of non-ortho nitro benzene ring substituents is 1. The van der Waals surface area contributed by atoms with Crippen LogP contribution in [0.15, 0.2) is 23.4 Å². The lowest BCUT2D eigenvalue weighted by Crippen LogP contribution is -1.86. The van der Waals surface area contributed by atoms with E-state index in [-0.39, 0.29) is 5.69 Å². The van der Waals surface area contributed by atoms with Crippen molar-refractivity contribution in [2.45, 2.75) is 18.5 Å². The minimum atomic E-state index is -0.404. The maximum Gasteiger partial charge on any atom is 0.271 e. The predicted molar refractivity (Wildman–Crippen MR) is 63.8 cm³/mol. The third kappa shape index (κ3) is 2.16. The summed E-state index contributed by atoms with van der Waals surface area (Å²) in [4.78, 5) is 17.6. The van der Waals surface area contributed by atoms with Crippen LogP contribution >= 0.6 is 11.8 Å². The quantitative estimate of drug-likeness (QED) is 0.504. The first kappa shape index (κ1) is 10.9. The Bertz CT molecular complexity index is 524. The number of aromatic amines is 1. The van der Waals surface area contributed by atoms with Crippen LogP contribution in [0, 0.1) is 10.1 Å². The fraction of sp³-hybridized carbons (Fsp3) is 0.300. The lowest BCUT2D eigenvalue weighted by Gasteiger charge is -1.90. The van der Waals surface area contributed by atoms with Gasteiger partial charge in [0, 0.05) is 17.9 Å². The molecular weight excluding hydrogens is 226 g/mol. The van der Waals surface area contributed by atoms with Crippen molar-refractivity contribution in [2.24, 2.45) is 0 Å². The molecule has 0 aliphatic heterocycles.